The third-order valence-corrected chi connectivity index (χ3v) is 6.20. The van der Waals surface area contributed by atoms with E-state index in [9.17, 15) is 0 Å². The van der Waals surface area contributed by atoms with Crippen LogP contribution in [-0.4, -0.2) is 24.5 Å². The number of likely N-dealkylation sites (tertiary alicyclic amines) is 1. The highest BCUT2D eigenvalue weighted by molar-refractivity contribution is 9.10. The first-order chi connectivity index (χ1) is 10.1. The summed E-state index contributed by atoms with van der Waals surface area (Å²) >= 11 is 3.60. The van der Waals surface area contributed by atoms with E-state index < -0.39 is 0 Å². The largest absolute Gasteiger partial charge is 0.324 e. The van der Waals surface area contributed by atoms with Crippen molar-refractivity contribution in [1.29, 1.82) is 0 Å². The number of piperidine rings is 1. The zero-order valence-electron chi connectivity index (χ0n) is 13.4. The zero-order chi connectivity index (χ0) is 15.3. The molecular formula is C18H29BrN2. The fraction of sp³-hybridized carbons (Fsp3) is 0.667. The van der Waals surface area contributed by atoms with Gasteiger partial charge < -0.3 is 10.6 Å². The molecule has 2 N–H and O–H groups in total. The Morgan fingerprint density at radius 2 is 1.81 bits per heavy atom. The van der Waals surface area contributed by atoms with Crippen molar-refractivity contribution in [2.45, 2.75) is 52.0 Å². The summed E-state index contributed by atoms with van der Waals surface area (Å²) in [6, 6.07) is 8.44. The van der Waals surface area contributed by atoms with Crippen molar-refractivity contribution < 1.29 is 0 Å². The minimum absolute atomic E-state index is 0.129. The molecule has 1 saturated heterocycles. The molecule has 0 aliphatic carbocycles. The Bertz CT molecular complexity index is 433. The van der Waals surface area contributed by atoms with Crippen LogP contribution in [0.25, 0.3) is 0 Å². The van der Waals surface area contributed by atoms with Crippen molar-refractivity contribution >= 4 is 15.9 Å². The van der Waals surface area contributed by atoms with E-state index in [4.69, 9.17) is 5.73 Å². The van der Waals surface area contributed by atoms with Gasteiger partial charge in [-0.25, -0.2) is 0 Å². The molecule has 1 atom stereocenters. The molecule has 2 rings (SSSR count). The van der Waals surface area contributed by atoms with Gasteiger partial charge in [0.25, 0.3) is 0 Å². The van der Waals surface area contributed by atoms with Gasteiger partial charge in [0.15, 0.2) is 0 Å². The van der Waals surface area contributed by atoms with Gasteiger partial charge in [-0.2, -0.15) is 0 Å². The van der Waals surface area contributed by atoms with Crippen LogP contribution in [-0.2, 0) is 0 Å². The van der Waals surface area contributed by atoms with Crippen LogP contribution in [0.3, 0.4) is 0 Å². The summed E-state index contributed by atoms with van der Waals surface area (Å²) in [5, 5.41) is 0. The first-order valence-electron chi connectivity index (χ1n) is 8.32. The Morgan fingerprint density at radius 3 is 2.38 bits per heavy atom. The highest BCUT2D eigenvalue weighted by Gasteiger charge is 2.31. The minimum atomic E-state index is 0.129. The van der Waals surface area contributed by atoms with E-state index in [0.717, 1.165) is 17.4 Å². The predicted molar refractivity (Wildman–Crippen MR) is 94.4 cm³/mol. The maximum absolute atomic E-state index is 6.36. The van der Waals surface area contributed by atoms with Crippen LogP contribution in [0.2, 0.25) is 0 Å². The SMILES string of the molecule is CCC1(CC)CCN(CCC(N)c2ccccc2Br)CC1. The van der Waals surface area contributed by atoms with Gasteiger partial charge in [-0.05, 0) is 55.9 Å². The quantitative estimate of drug-likeness (QED) is 0.800. The molecule has 0 aromatic heterocycles. The van der Waals surface area contributed by atoms with Gasteiger partial charge >= 0.3 is 0 Å². The summed E-state index contributed by atoms with van der Waals surface area (Å²) < 4.78 is 1.13. The van der Waals surface area contributed by atoms with Gasteiger partial charge in [0.2, 0.25) is 0 Å². The van der Waals surface area contributed by atoms with Crippen LogP contribution in [0.5, 0.6) is 0 Å². The van der Waals surface area contributed by atoms with Gasteiger partial charge in [0, 0.05) is 10.5 Å². The van der Waals surface area contributed by atoms with E-state index in [1.807, 2.05) is 6.07 Å². The van der Waals surface area contributed by atoms with E-state index in [-0.39, 0.29) is 6.04 Å². The van der Waals surface area contributed by atoms with Crippen LogP contribution < -0.4 is 5.73 Å². The van der Waals surface area contributed by atoms with Crippen LogP contribution >= 0.6 is 15.9 Å². The number of nitrogens with two attached hydrogens (primary N) is 1. The van der Waals surface area contributed by atoms with Crippen molar-refractivity contribution in [3.63, 3.8) is 0 Å². The van der Waals surface area contributed by atoms with E-state index >= 15 is 0 Å². The van der Waals surface area contributed by atoms with Crippen molar-refractivity contribution in [2.24, 2.45) is 11.1 Å². The summed E-state index contributed by atoms with van der Waals surface area (Å²) in [6.07, 6.45) is 6.39. The molecule has 1 aliphatic heterocycles. The maximum atomic E-state index is 6.36. The average Bonchev–Trinajstić information content (AvgIpc) is 2.53. The molecule has 21 heavy (non-hydrogen) atoms. The zero-order valence-corrected chi connectivity index (χ0v) is 15.0. The molecule has 118 valence electrons. The van der Waals surface area contributed by atoms with E-state index in [1.54, 1.807) is 0 Å². The molecule has 1 aliphatic rings. The fourth-order valence-electron chi connectivity index (χ4n) is 3.46. The normalized spacial score (nSPS) is 20.4. The van der Waals surface area contributed by atoms with Crippen molar-refractivity contribution in [3.8, 4) is 0 Å². The molecule has 0 spiro atoms. The maximum Gasteiger partial charge on any atom is 0.0318 e. The Morgan fingerprint density at radius 1 is 1.19 bits per heavy atom. The third kappa shape index (κ3) is 4.30. The molecule has 0 amide bonds. The van der Waals surface area contributed by atoms with Gasteiger partial charge in [-0.15, -0.1) is 0 Å². The van der Waals surface area contributed by atoms with Gasteiger partial charge in [0.1, 0.15) is 0 Å². The molecule has 0 bridgehead atoms. The number of benzene rings is 1. The number of hydrogen-bond donors (Lipinski definition) is 1. The molecule has 1 aromatic carbocycles. The Labute approximate surface area is 138 Å². The van der Waals surface area contributed by atoms with Gasteiger partial charge in [-0.1, -0.05) is 60.8 Å². The minimum Gasteiger partial charge on any atom is -0.324 e. The molecule has 1 aromatic rings. The summed E-state index contributed by atoms with van der Waals surface area (Å²) in [5.74, 6) is 0. The van der Waals surface area contributed by atoms with Gasteiger partial charge in [-0.3, -0.25) is 0 Å². The predicted octanol–water partition coefficient (Wildman–Crippen LogP) is 4.74. The van der Waals surface area contributed by atoms with Crippen LogP contribution in [0.4, 0.5) is 0 Å². The lowest BCUT2D eigenvalue weighted by Crippen LogP contribution is -2.40. The lowest BCUT2D eigenvalue weighted by atomic mass is 9.74. The molecule has 0 saturated carbocycles. The topological polar surface area (TPSA) is 29.3 Å². The van der Waals surface area contributed by atoms with E-state index in [1.165, 1.54) is 44.3 Å². The number of hydrogen-bond acceptors (Lipinski definition) is 2. The van der Waals surface area contributed by atoms with Crippen LogP contribution in [0, 0.1) is 5.41 Å². The third-order valence-electron chi connectivity index (χ3n) is 5.48. The molecule has 3 heteroatoms. The highest BCUT2D eigenvalue weighted by atomic mass is 79.9. The van der Waals surface area contributed by atoms with E-state index in [2.05, 4.69) is 52.9 Å². The summed E-state index contributed by atoms with van der Waals surface area (Å²) in [7, 11) is 0. The summed E-state index contributed by atoms with van der Waals surface area (Å²) in [4.78, 5) is 2.60. The molecule has 2 nitrogen and oxygen atoms in total. The second-order valence-electron chi connectivity index (χ2n) is 6.47. The molecule has 1 heterocycles. The number of halogens is 1. The summed E-state index contributed by atoms with van der Waals surface area (Å²) in [5.41, 5.74) is 8.20. The smallest absolute Gasteiger partial charge is 0.0318 e. The highest BCUT2D eigenvalue weighted by Crippen LogP contribution is 2.38. The lowest BCUT2D eigenvalue weighted by Gasteiger charge is -2.41. The Kier molecular flexibility index (Phi) is 6.27. The van der Waals surface area contributed by atoms with Crippen molar-refractivity contribution in [3.05, 3.63) is 34.3 Å². The summed E-state index contributed by atoms with van der Waals surface area (Å²) in [6.45, 7) is 8.30. The Hall–Kier alpha value is -0.380. The fourth-order valence-corrected chi connectivity index (χ4v) is 4.04. The second-order valence-corrected chi connectivity index (χ2v) is 7.32. The van der Waals surface area contributed by atoms with Crippen LogP contribution in [0.15, 0.2) is 28.7 Å². The lowest BCUT2D eigenvalue weighted by molar-refractivity contribution is 0.0934. The first kappa shape index (κ1) is 17.0. The molecule has 1 fully saturated rings. The van der Waals surface area contributed by atoms with E-state index in [0.29, 0.717) is 5.41 Å². The molecule has 0 radical (unpaired) electrons. The standard InChI is InChI=1S/C18H29BrN2/c1-3-18(4-2)10-13-21(14-11-18)12-9-17(20)15-7-5-6-8-16(15)19/h5-8,17H,3-4,9-14,20H2,1-2H3. The van der Waals surface area contributed by atoms with Crippen molar-refractivity contribution in [2.75, 3.05) is 19.6 Å². The van der Waals surface area contributed by atoms with Crippen molar-refractivity contribution in [1.82, 2.24) is 4.90 Å². The average molecular weight is 353 g/mol. The van der Waals surface area contributed by atoms with Gasteiger partial charge in [0.05, 0.1) is 0 Å². The number of rotatable bonds is 6. The second kappa shape index (κ2) is 7.75. The molecular weight excluding hydrogens is 324 g/mol. The van der Waals surface area contributed by atoms with Crippen LogP contribution in [0.1, 0.15) is 57.6 Å². The molecule has 1 unspecified atom stereocenters. The first-order valence-corrected chi connectivity index (χ1v) is 9.12. The number of nitrogens with zero attached hydrogens (tertiary/aromatic N) is 1. The monoisotopic (exact) mass is 352 g/mol. The Balaban J connectivity index is 1.81.